The standard InChI is InChI=1S/C15H22N6O.HI/c1-11(12-7-5-6-8-13(12)22-4)19-15(16-2)17-9-14-20-18-10-21(14)3;/h5-8,10-11H,9H2,1-4H3,(H2,16,17,19);1H. The van der Waals surface area contributed by atoms with Crippen LogP contribution < -0.4 is 15.4 Å². The lowest BCUT2D eigenvalue weighted by atomic mass is 10.1. The third-order valence-electron chi connectivity index (χ3n) is 3.40. The Morgan fingerprint density at radius 3 is 2.74 bits per heavy atom. The highest BCUT2D eigenvalue weighted by atomic mass is 127. The Hall–Kier alpha value is -1.84. The predicted molar refractivity (Wildman–Crippen MR) is 101 cm³/mol. The summed E-state index contributed by atoms with van der Waals surface area (Å²) in [5.41, 5.74) is 1.08. The highest BCUT2D eigenvalue weighted by molar-refractivity contribution is 14.0. The van der Waals surface area contributed by atoms with Crippen molar-refractivity contribution < 1.29 is 4.74 Å². The number of benzene rings is 1. The molecule has 1 aromatic heterocycles. The molecule has 0 radical (unpaired) electrons. The molecule has 2 rings (SSSR count). The van der Waals surface area contributed by atoms with Crippen LogP contribution in [0.4, 0.5) is 0 Å². The molecule has 2 aromatic rings. The summed E-state index contributed by atoms with van der Waals surface area (Å²) in [5.74, 6) is 2.39. The number of nitrogens with zero attached hydrogens (tertiary/aromatic N) is 4. The summed E-state index contributed by atoms with van der Waals surface area (Å²) in [6.07, 6.45) is 1.67. The fourth-order valence-corrected chi connectivity index (χ4v) is 2.13. The SMILES string of the molecule is CN=C(NCc1nncn1C)NC(C)c1ccccc1OC.I. The largest absolute Gasteiger partial charge is 0.496 e. The van der Waals surface area contributed by atoms with Crippen LogP contribution in [0, 0.1) is 0 Å². The Bertz CT molecular complexity index is 642. The normalized spacial score (nSPS) is 12.3. The third-order valence-corrected chi connectivity index (χ3v) is 3.40. The monoisotopic (exact) mass is 430 g/mol. The first kappa shape index (κ1) is 19.2. The second-order valence-corrected chi connectivity index (χ2v) is 4.89. The minimum absolute atomic E-state index is 0. The summed E-state index contributed by atoms with van der Waals surface area (Å²) in [4.78, 5) is 4.23. The van der Waals surface area contributed by atoms with E-state index in [0.29, 0.717) is 12.5 Å². The summed E-state index contributed by atoms with van der Waals surface area (Å²) in [7, 11) is 5.32. The molecule has 1 aromatic carbocycles. The zero-order valence-electron chi connectivity index (χ0n) is 13.8. The van der Waals surface area contributed by atoms with E-state index < -0.39 is 0 Å². The predicted octanol–water partition coefficient (Wildman–Crippen LogP) is 1.87. The van der Waals surface area contributed by atoms with Crippen LogP contribution in [0.15, 0.2) is 35.6 Å². The van der Waals surface area contributed by atoms with Crippen molar-refractivity contribution in [2.45, 2.75) is 19.5 Å². The van der Waals surface area contributed by atoms with Crippen molar-refractivity contribution in [1.29, 1.82) is 0 Å². The summed E-state index contributed by atoms with van der Waals surface area (Å²) < 4.78 is 7.26. The van der Waals surface area contributed by atoms with Crippen LogP contribution in [-0.2, 0) is 13.6 Å². The van der Waals surface area contributed by atoms with Crippen molar-refractivity contribution >= 4 is 29.9 Å². The van der Waals surface area contributed by atoms with E-state index in [9.17, 15) is 0 Å². The van der Waals surface area contributed by atoms with Gasteiger partial charge in [0.25, 0.3) is 0 Å². The van der Waals surface area contributed by atoms with Gasteiger partial charge in [-0.15, -0.1) is 34.2 Å². The summed E-state index contributed by atoms with van der Waals surface area (Å²) in [6.45, 7) is 2.61. The van der Waals surface area contributed by atoms with Gasteiger partial charge < -0.3 is 19.9 Å². The maximum absolute atomic E-state index is 5.39. The average Bonchev–Trinajstić information content (AvgIpc) is 2.96. The molecule has 2 N–H and O–H groups in total. The fourth-order valence-electron chi connectivity index (χ4n) is 2.13. The molecular formula is C15H23IN6O. The second-order valence-electron chi connectivity index (χ2n) is 4.89. The lowest BCUT2D eigenvalue weighted by Gasteiger charge is -2.20. The zero-order chi connectivity index (χ0) is 15.9. The molecule has 0 spiro atoms. The number of guanidine groups is 1. The molecule has 8 heteroatoms. The van der Waals surface area contributed by atoms with Gasteiger partial charge >= 0.3 is 0 Å². The first-order valence-electron chi connectivity index (χ1n) is 7.08. The molecule has 0 aliphatic heterocycles. The van der Waals surface area contributed by atoms with Crippen LogP contribution in [-0.4, -0.2) is 34.9 Å². The summed E-state index contributed by atoms with van der Waals surface area (Å²) >= 11 is 0. The van der Waals surface area contributed by atoms with E-state index in [1.165, 1.54) is 0 Å². The van der Waals surface area contributed by atoms with Gasteiger partial charge in [-0.1, -0.05) is 18.2 Å². The first-order chi connectivity index (χ1) is 10.7. The minimum atomic E-state index is 0. The number of hydrogen-bond donors (Lipinski definition) is 2. The van der Waals surface area contributed by atoms with Crippen LogP contribution in [0.5, 0.6) is 5.75 Å². The topological polar surface area (TPSA) is 76.4 Å². The Morgan fingerprint density at radius 2 is 2.13 bits per heavy atom. The molecule has 0 amide bonds. The van der Waals surface area contributed by atoms with Gasteiger partial charge in [-0.25, -0.2) is 0 Å². The molecule has 1 unspecified atom stereocenters. The quantitative estimate of drug-likeness (QED) is 0.431. The second kappa shape index (κ2) is 9.33. The Balaban J connectivity index is 0.00000264. The van der Waals surface area contributed by atoms with E-state index in [4.69, 9.17) is 4.74 Å². The molecule has 1 atom stereocenters. The minimum Gasteiger partial charge on any atom is -0.496 e. The van der Waals surface area contributed by atoms with Crippen LogP contribution in [0.2, 0.25) is 0 Å². The van der Waals surface area contributed by atoms with E-state index in [1.807, 2.05) is 35.9 Å². The molecule has 0 aliphatic rings. The van der Waals surface area contributed by atoms with Crippen molar-refractivity contribution in [3.63, 3.8) is 0 Å². The average molecular weight is 430 g/mol. The lowest BCUT2D eigenvalue weighted by Crippen LogP contribution is -2.38. The highest BCUT2D eigenvalue weighted by Crippen LogP contribution is 2.24. The molecule has 0 aliphatic carbocycles. The van der Waals surface area contributed by atoms with Gasteiger partial charge in [-0.2, -0.15) is 0 Å². The number of methoxy groups -OCH3 is 1. The van der Waals surface area contributed by atoms with Gasteiger partial charge in [0.15, 0.2) is 11.8 Å². The fraction of sp³-hybridized carbons (Fsp3) is 0.400. The molecule has 0 fully saturated rings. The van der Waals surface area contributed by atoms with E-state index in [1.54, 1.807) is 20.5 Å². The van der Waals surface area contributed by atoms with Crippen molar-refractivity contribution in [3.05, 3.63) is 42.0 Å². The van der Waals surface area contributed by atoms with Gasteiger partial charge in [0.2, 0.25) is 0 Å². The van der Waals surface area contributed by atoms with Gasteiger partial charge in [0, 0.05) is 19.7 Å². The van der Waals surface area contributed by atoms with Crippen molar-refractivity contribution in [1.82, 2.24) is 25.4 Å². The summed E-state index contributed by atoms with van der Waals surface area (Å²) in [5, 5.41) is 14.5. The molecule has 1 heterocycles. The van der Waals surface area contributed by atoms with Crippen molar-refractivity contribution in [2.75, 3.05) is 14.2 Å². The Kier molecular flexibility index (Phi) is 7.79. The molecule has 0 saturated carbocycles. The van der Waals surface area contributed by atoms with Gasteiger partial charge in [-0.05, 0) is 13.0 Å². The number of aryl methyl sites for hydroxylation is 1. The van der Waals surface area contributed by atoms with Crippen LogP contribution >= 0.6 is 24.0 Å². The maximum atomic E-state index is 5.39. The third kappa shape index (κ3) is 5.08. The number of halogens is 1. The van der Waals surface area contributed by atoms with Crippen LogP contribution in [0.3, 0.4) is 0 Å². The first-order valence-corrected chi connectivity index (χ1v) is 7.08. The van der Waals surface area contributed by atoms with Crippen molar-refractivity contribution in [2.24, 2.45) is 12.0 Å². The van der Waals surface area contributed by atoms with Gasteiger partial charge in [0.1, 0.15) is 12.1 Å². The molecular weight excluding hydrogens is 407 g/mol. The summed E-state index contributed by atoms with van der Waals surface area (Å²) in [6, 6.07) is 7.99. The molecule has 7 nitrogen and oxygen atoms in total. The number of hydrogen-bond acceptors (Lipinski definition) is 4. The maximum Gasteiger partial charge on any atom is 0.191 e. The van der Waals surface area contributed by atoms with E-state index in [0.717, 1.165) is 17.1 Å². The number of nitrogens with one attached hydrogen (secondary N) is 2. The van der Waals surface area contributed by atoms with Crippen molar-refractivity contribution in [3.8, 4) is 5.75 Å². The Labute approximate surface area is 153 Å². The molecule has 0 saturated heterocycles. The number of aliphatic imine (C=N–C) groups is 1. The highest BCUT2D eigenvalue weighted by Gasteiger charge is 2.12. The number of aromatic nitrogens is 3. The van der Waals surface area contributed by atoms with Gasteiger partial charge in [0.05, 0.1) is 19.7 Å². The molecule has 23 heavy (non-hydrogen) atoms. The molecule has 126 valence electrons. The smallest absolute Gasteiger partial charge is 0.191 e. The Morgan fingerprint density at radius 1 is 1.39 bits per heavy atom. The lowest BCUT2D eigenvalue weighted by molar-refractivity contribution is 0.405. The van der Waals surface area contributed by atoms with E-state index >= 15 is 0 Å². The number of rotatable bonds is 5. The molecule has 0 bridgehead atoms. The van der Waals surface area contributed by atoms with E-state index in [2.05, 4.69) is 32.7 Å². The van der Waals surface area contributed by atoms with E-state index in [-0.39, 0.29) is 30.0 Å². The number of ether oxygens (including phenoxy) is 1. The van der Waals surface area contributed by atoms with Gasteiger partial charge in [-0.3, -0.25) is 4.99 Å². The zero-order valence-corrected chi connectivity index (χ0v) is 16.1. The van der Waals surface area contributed by atoms with Crippen LogP contribution in [0.25, 0.3) is 0 Å². The van der Waals surface area contributed by atoms with Crippen LogP contribution in [0.1, 0.15) is 24.4 Å². The number of para-hydroxylation sites is 1.